The van der Waals surface area contributed by atoms with E-state index < -0.39 is 6.04 Å². The van der Waals surface area contributed by atoms with E-state index in [1.165, 1.54) is 17.8 Å². The van der Waals surface area contributed by atoms with Crippen molar-refractivity contribution in [2.24, 2.45) is 0 Å². The number of rotatable bonds is 11. The Morgan fingerprint density at radius 2 is 1.87 bits per heavy atom. The summed E-state index contributed by atoms with van der Waals surface area (Å²) < 4.78 is 35.4. The van der Waals surface area contributed by atoms with Crippen LogP contribution in [0.2, 0.25) is 0 Å². The smallest absolute Gasteiger partial charge is 0.338 e. The lowest BCUT2D eigenvalue weighted by Crippen LogP contribution is -2.32. The largest absolute Gasteiger partial charge is 0.490 e. The minimum absolute atomic E-state index is 0.112. The summed E-state index contributed by atoms with van der Waals surface area (Å²) in [6.45, 7) is 4.56. The summed E-state index contributed by atoms with van der Waals surface area (Å²) in [6, 6.07) is 19.7. The number of allylic oxidation sites excluding steroid dienone is 1. The molecule has 1 fully saturated rings. The molecular formula is C35H36BrFN4O4S. The second-order valence-electron chi connectivity index (χ2n) is 11.3. The topological polar surface area (TPSA) is 87.5 Å². The van der Waals surface area contributed by atoms with E-state index in [-0.39, 0.29) is 17.9 Å². The van der Waals surface area contributed by atoms with E-state index in [4.69, 9.17) is 24.3 Å². The van der Waals surface area contributed by atoms with Gasteiger partial charge in [-0.1, -0.05) is 70.5 Å². The molecule has 11 heteroatoms. The highest BCUT2D eigenvalue weighted by Gasteiger charge is 2.37. The van der Waals surface area contributed by atoms with Gasteiger partial charge in [0.2, 0.25) is 11.1 Å². The van der Waals surface area contributed by atoms with Crippen molar-refractivity contribution >= 4 is 39.6 Å². The third-order valence-electron chi connectivity index (χ3n) is 8.06. The number of thioether (sulfide) groups is 1. The predicted octanol–water partition coefficient (Wildman–Crippen LogP) is 8.61. The van der Waals surface area contributed by atoms with Crippen LogP contribution in [0.3, 0.4) is 0 Å². The number of anilines is 1. The number of aromatic nitrogens is 3. The van der Waals surface area contributed by atoms with E-state index in [0.29, 0.717) is 58.4 Å². The van der Waals surface area contributed by atoms with Crippen LogP contribution in [0.25, 0.3) is 0 Å². The number of ether oxygens (including phenoxy) is 3. The van der Waals surface area contributed by atoms with E-state index in [2.05, 4.69) is 21.2 Å². The number of nitrogens with one attached hydrogen (secondary N) is 1. The van der Waals surface area contributed by atoms with Gasteiger partial charge in [0.25, 0.3) is 0 Å². The molecule has 0 saturated heterocycles. The van der Waals surface area contributed by atoms with Crippen LogP contribution in [0.4, 0.5) is 10.3 Å². The molecule has 1 unspecified atom stereocenters. The van der Waals surface area contributed by atoms with Gasteiger partial charge in [0.15, 0.2) is 11.5 Å². The number of benzene rings is 3. The van der Waals surface area contributed by atoms with Gasteiger partial charge in [0, 0.05) is 15.9 Å². The van der Waals surface area contributed by atoms with Gasteiger partial charge in [-0.05, 0) is 86.6 Å². The molecule has 4 aromatic rings. The number of carbonyl (C=O) groups excluding carboxylic acids is 1. The maximum atomic E-state index is 14.3. The Morgan fingerprint density at radius 1 is 1.04 bits per heavy atom. The zero-order chi connectivity index (χ0) is 32.0. The van der Waals surface area contributed by atoms with Gasteiger partial charge in [0.05, 0.1) is 12.2 Å². The molecule has 2 aliphatic rings. The predicted molar refractivity (Wildman–Crippen MR) is 179 cm³/mol. The molecule has 240 valence electrons. The molecule has 0 spiro atoms. The summed E-state index contributed by atoms with van der Waals surface area (Å²) >= 11 is 4.85. The van der Waals surface area contributed by atoms with Crippen molar-refractivity contribution in [3.05, 3.63) is 105 Å². The molecule has 8 nitrogen and oxygen atoms in total. The number of halogens is 2. The first-order valence-electron chi connectivity index (χ1n) is 15.5. The van der Waals surface area contributed by atoms with Crippen molar-refractivity contribution in [2.45, 2.75) is 75.6 Å². The number of hydrogen-bond donors (Lipinski definition) is 1. The van der Waals surface area contributed by atoms with E-state index in [0.717, 1.165) is 47.7 Å². The normalized spacial score (nSPS) is 16.5. The number of esters is 1. The van der Waals surface area contributed by atoms with Gasteiger partial charge in [-0.15, -0.1) is 5.10 Å². The van der Waals surface area contributed by atoms with Gasteiger partial charge in [-0.3, -0.25) is 0 Å². The standard InChI is InChI=1S/C35H36BrFN4O4S/c1-3-43-30-19-24(16-17-29(30)44-20-23-10-9-12-26(36)18-23)32-31(33(42)45-27-13-5-4-6-14-27)22(2)38-34-39-35(40-41(32)34)46-21-25-11-7-8-15-28(25)37/h7-12,15-19,27,32H,3-6,13-14,20-21H2,1-2H3,(H,38,39,40). The van der Waals surface area contributed by atoms with Crippen molar-refractivity contribution in [2.75, 3.05) is 11.9 Å². The highest BCUT2D eigenvalue weighted by molar-refractivity contribution is 9.10. The molecule has 0 bridgehead atoms. The molecule has 1 N–H and O–H groups in total. The molecule has 0 radical (unpaired) electrons. The first-order valence-corrected chi connectivity index (χ1v) is 17.3. The number of carbonyl (C=O) groups is 1. The molecule has 46 heavy (non-hydrogen) atoms. The summed E-state index contributed by atoms with van der Waals surface area (Å²) in [4.78, 5) is 18.6. The average molecular weight is 708 g/mol. The zero-order valence-electron chi connectivity index (χ0n) is 25.8. The lowest BCUT2D eigenvalue weighted by molar-refractivity contribution is -0.146. The molecule has 1 aliphatic carbocycles. The molecule has 1 aromatic heterocycles. The fraction of sp³-hybridized carbons (Fsp3) is 0.343. The van der Waals surface area contributed by atoms with Crippen LogP contribution in [-0.4, -0.2) is 33.4 Å². The monoisotopic (exact) mass is 706 g/mol. The van der Waals surface area contributed by atoms with Crippen molar-refractivity contribution < 1.29 is 23.4 Å². The average Bonchev–Trinajstić information content (AvgIpc) is 3.46. The second kappa shape index (κ2) is 14.7. The van der Waals surface area contributed by atoms with Gasteiger partial charge < -0.3 is 19.5 Å². The van der Waals surface area contributed by atoms with Crippen molar-refractivity contribution in [1.29, 1.82) is 0 Å². The number of fused-ring (bicyclic) bond motifs is 1. The molecule has 1 atom stereocenters. The number of nitrogens with zero attached hydrogens (tertiary/aromatic N) is 3. The Labute approximate surface area is 280 Å². The highest BCUT2D eigenvalue weighted by Crippen LogP contribution is 2.41. The SMILES string of the molecule is CCOc1cc(C2C(C(=O)OC3CCCCC3)=C(C)Nc3nc(SCc4ccccc4F)nn32)ccc1OCc1cccc(Br)c1. The Morgan fingerprint density at radius 3 is 2.65 bits per heavy atom. The quantitative estimate of drug-likeness (QED) is 0.123. The molecule has 0 amide bonds. The van der Waals surface area contributed by atoms with Crippen LogP contribution in [-0.2, 0) is 21.9 Å². The highest BCUT2D eigenvalue weighted by atomic mass is 79.9. The minimum Gasteiger partial charge on any atom is -0.490 e. The van der Waals surface area contributed by atoms with Gasteiger partial charge in [-0.2, -0.15) is 4.98 Å². The van der Waals surface area contributed by atoms with Crippen LogP contribution in [0, 0.1) is 5.82 Å². The fourth-order valence-corrected chi connectivity index (χ4v) is 7.05. The Balaban J connectivity index is 1.33. The minimum atomic E-state index is -0.638. The van der Waals surface area contributed by atoms with E-state index >= 15 is 0 Å². The zero-order valence-corrected chi connectivity index (χ0v) is 28.2. The van der Waals surface area contributed by atoms with Crippen molar-refractivity contribution in [1.82, 2.24) is 14.8 Å². The van der Waals surface area contributed by atoms with Crippen LogP contribution < -0.4 is 14.8 Å². The summed E-state index contributed by atoms with van der Waals surface area (Å²) in [7, 11) is 0. The first-order chi connectivity index (χ1) is 22.4. The Kier molecular flexibility index (Phi) is 10.3. The van der Waals surface area contributed by atoms with Crippen LogP contribution >= 0.6 is 27.7 Å². The third kappa shape index (κ3) is 7.41. The fourth-order valence-electron chi connectivity index (χ4n) is 5.79. The summed E-state index contributed by atoms with van der Waals surface area (Å²) in [5, 5.41) is 8.55. The lowest BCUT2D eigenvalue weighted by Gasteiger charge is -2.30. The second-order valence-corrected chi connectivity index (χ2v) is 13.2. The maximum Gasteiger partial charge on any atom is 0.338 e. The van der Waals surface area contributed by atoms with Gasteiger partial charge >= 0.3 is 5.97 Å². The number of hydrogen-bond acceptors (Lipinski definition) is 8. The summed E-state index contributed by atoms with van der Waals surface area (Å²) in [5.74, 6) is 1.35. The van der Waals surface area contributed by atoms with E-state index in [1.54, 1.807) is 16.8 Å². The van der Waals surface area contributed by atoms with Gasteiger partial charge in [0.1, 0.15) is 24.6 Å². The molecule has 2 heterocycles. The molecular weight excluding hydrogens is 671 g/mol. The molecule has 6 rings (SSSR count). The molecule has 3 aromatic carbocycles. The maximum absolute atomic E-state index is 14.3. The van der Waals surface area contributed by atoms with Crippen molar-refractivity contribution in [3.63, 3.8) is 0 Å². The van der Waals surface area contributed by atoms with E-state index in [9.17, 15) is 9.18 Å². The van der Waals surface area contributed by atoms with Gasteiger partial charge in [-0.25, -0.2) is 13.9 Å². The van der Waals surface area contributed by atoms with Crippen LogP contribution in [0.15, 0.2) is 87.6 Å². The third-order valence-corrected chi connectivity index (χ3v) is 9.44. The first kappa shape index (κ1) is 32.1. The molecule has 1 aliphatic heterocycles. The van der Waals surface area contributed by atoms with E-state index in [1.807, 2.05) is 62.4 Å². The summed E-state index contributed by atoms with van der Waals surface area (Å²) in [5.41, 5.74) is 3.45. The van der Waals surface area contributed by atoms with Crippen LogP contribution in [0.1, 0.15) is 68.7 Å². The van der Waals surface area contributed by atoms with Crippen LogP contribution in [0.5, 0.6) is 11.5 Å². The molecule has 1 saturated carbocycles. The van der Waals surface area contributed by atoms with Crippen molar-refractivity contribution in [3.8, 4) is 11.5 Å². The Hall–Kier alpha value is -3.83. The lowest BCUT2D eigenvalue weighted by atomic mass is 9.94. The summed E-state index contributed by atoms with van der Waals surface area (Å²) in [6.07, 6.45) is 4.87. The Bertz CT molecular complexity index is 1740.